The van der Waals surface area contributed by atoms with Crippen LogP contribution < -0.4 is 10.5 Å². The Bertz CT molecular complexity index is 799. The molecule has 0 saturated heterocycles. The second kappa shape index (κ2) is 4.48. The first-order chi connectivity index (χ1) is 9.58. The van der Waals surface area contributed by atoms with Crippen LogP contribution in [0.4, 0.5) is 14.5 Å². The van der Waals surface area contributed by atoms with E-state index >= 15 is 0 Å². The van der Waals surface area contributed by atoms with E-state index in [0.717, 1.165) is 6.07 Å². The predicted octanol–water partition coefficient (Wildman–Crippen LogP) is 3.36. The number of nitrogens with two attached hydrogens (primary N) is 1. The van der Waals surface area contributed by atoms with Crippen LogP contribution in [0.3, 0.4) is 0 Å². The molecule has 0 aliphatic carbocycles. The van der Waals surface area contributed by atoms with E-state index in [-0.39, 0.29) is 17.1 Å². The number of oxazole rings is 1. The summed E-state index contributed by atoms with van der Waals surface area (Å²) in [6.45, 7) is 0. The zero-order chi connectivity index (χ0) is 14.3. The van der Waals surface area contributed by atoms with Gasteiger partial charge in [0.15, 0.2) is 5.58 Å². The summed E-state index contributed by atoms with van der Waals surface area (Å²) >= 11 is 0. The normalized spacial score (nSPS) is 10.9. The maximum atomic E-state index is 13.8. The van der Waals surface area contributed by atoms with E-state index in [1.54, 1.807) is 18.2 Å². The van der Waals surface area contributed by atoms with E-state index in [1.807, 2.05) is 0 Å². The Morgan fingerprint density at radius 1 is 1.15 bits per heavy atom. The highest BCUT2D eigenvalue weighted by molar-refractivity contribution is 5.78. The van der Waals surface area contributed by atoms with Gasteiger partial charge in [0.1, 0.15) is 22.9 Å². The van der Waals surface area contributed by atoms with Crippen LogP contribution in [0.5, 0.6) is 5.75 Å². The fourth-order valence-corrected chi connectivity index (χ4v) is 1.88. The summed E-state index contributed by atoms with van der Waals surface area (Å²) in [6, 6.07) is 6.90. The van der Waals surface area contributed by atoms with Gasteiger partial charge in [-0.2, -0.15) is 0 Å². The highest BCUT2D eigenvalue weighted by atomic mass is 19.1. The second-order valence-corrected chi connectivity index (χ2v) is 4.21. The van der Waals surface area contributed by atoms with Crippen LogP contribution in [0.1, 0.15) is 0 Å². The fraction of sp³-hybridized carbons (Fsp3) is 0.0714. The van der Waals surface area contributed by atoms with Crippen LogP contribution in [-0.2, 0) is 0 Å². The standard InChI is InChI=1S/C14H10F2N2O2/c1-19-7-2-3-12-13(4-7)20-14(18-12)8-5-11(17)10(16)6-9(8)15/h2-6H,17H2,1H3. The monoisotopic (exact) mass is 276 g/mol. The number of anilines is 1. The van der Waals surface area contributed by atoms with Crippen molar-refractivity contribution in [3.05, 3.63) is 42.0 Å². The molecule has 2 N–H and O–H groups in total. The summed E-state index contributed by atoms with van der Waals surface area (Å²) < 4.78 is 37.4. The lowest BCUT2D eigenvalue weighted by molar-refractivity contribution is 0.414. The number of nitrogen functional groups attached to an aromatic ring is 1. The van der Waals surface area contributed by atoms with Gasteiger partial charge in [-0.05, 0) is 18.2 Å². The number of hydrogen-bond donors (Lipinski definition) is 1. The molecule has 2 aromatic carbocycles. The van der Waals surface area contributed by atoms with Gasteiger partial charge in [0.2, 0.25) is 5.89 Å². The van der Waals surface area contributed by atoms with E-state index in [9.17, 15) is 8.78 Å². The molecule has 3 aromatic rings. The molecule has 0 unspecified atom stereocenters. The van der Waals surface area contributed by atoms with Gasteiger partial charge in [0.05, 0.1) is 18.4 Å². The minimum absolute atomic E-state index is 0.0130. The van der Waals surface area contributed by atoms with Crippen molar-refractivity contribution in [1.82, 2.24) is 4.98 Å². The molecule has 3 rings (SSSR count). The lowest BCUT2D eigenvalue weighted by atomic mass is 10.2. The molecule has 0 atom stereocenters. The minimum Gasteiger partial charge on any atom is -0.497 e. The zero-order valence-electron chi connectivity index (χ0n) is 10.5. The van der Waals surface area contributed by atoms with Crippen molar-refractivity contribution in [2.45, 2.75) is 0 Å². The van der Waals surface area contributed by atoms with Crippen LogP contribution in [-0.4, -0.2) is 12.1 Å². The van der Waals surface area contributed by atoms with Crippen molar-refractivity contribution in [3.8, 4) is 17.2 Å². The number of benzene rings is 2. The SMILES string of the molecule is COc1ccc2nc(-c3cc(N)c(F)cc3F)oc2c1. The van der Waals surface area contributed by atoms with Gasteiger partial charge in [-0.25, -0.2) is 13.8 Å². The third-order valence-electron chi connectivity index (χ3n) is 2.91. The fourth-order valence-electron chi connectivity index (χ4n) is 1.88. The molecule has 0 fully saturated rings. The van der Waals surface area contributed by atoms with Gasteiger partial charge >= 0.3 is 0 Å². The molecule has 1 aromatic heterocycles. The molecule has 4 nitrogen and oxygen atoms in total. The topological polar surface area (TPSA) is 61.3 Å². The molecule has 102 valence electrons. The average Bonchev–Trinajstić information content (AvgIpc) is 2.85. The Balaban J connectivity index is 2.17. The van der Waals surface area contributed by atoms with Crippen LogP contribution in [0.2, 0.25) is 0 Å². The third-order valence-corrected chi connectivity index (χ3v) is 2.91. The summed E-state index contributed by atoms with van der Waals surface area (Å²) in [5, 5.41) is 0. The van der Waals surface area contributed by atoms with Gasteiger partial charge in [-0.15, -0.1) is 0 Å². The van der Waals surface area contributed by atoms with Gasteiger partial charge in [-0.1, -0.05) is 0 Å². The molecule has 0 bridgehead atoms. The van der Waals surface area contributed by atoms with E-state index in [0.29, 0.717) is 22.9 Å². The molecule has 6 heteroatoms. The van der Waals surface area contributed by atoms with Crippen molar-refractivity contribution in [2.24, 2.45) is 0 Å². The van der Waals surface area contributed by atoms with Gasteiger partial charge in [0.25, 0.3) is 0 Å². The summed E-state index contributed by atoms with van der Waals surface area (Å²) in [4.78, 5) is 4.15. The first-order valence-electron chi connectivity index (χ1n) is 5.78. The van der Waals surface area contributed by atoms with Crippen LogP contribution in [0.15, 0.2) is 34.7 Å². The van der Waals surface area contributed by atoms with Gasteiger partial charge in [-0.3, -0.25) is 0 Å². The number of hydrogen-bond acceptors (Lipinski definition) is 4. The Morgan fingerprint density at radius 3 is 2.70 bits per heavy atom. The number of nitrogens with zero attached hydrogens (tertiary/aromatic N) is 1. The van der Waals surface area contributed by atoms with Gasteiger partial charge < -0.3 is 14.9 Å². The number of aromatic nitrogens is 1. The third kappa shape index (κ3) is 1.95. The number of methoxy groups -OCH3 is 1. The summed E-state index contributed by atoms with van der Waals surface area (Å²) in [6.07, 6.45) is 0. The smallest absolute Gasteiger partial charge is 0.230 e. The van der Waals surface area contributed by atoms with Crippen LogP contribution in [0.25, 0.3) is 22.6 Å². The van der Waals surface area contributed by atoms with Crippen molar-refractivity contribution in [2.75, 3.05) is 12.8 Å². The van der Waals surface area contributed by atoms with Gasteiger partial charge in [0, 0.05) is 12.1 Å². The van der Waals surface area contributed by atoms with Crippen molar-refractivity contribution < 1.29 is 17.9 Å². The number of ether oxygens (including phenoxy) is 1. The second-order valence-electron chi connectivity index (χ2n) is 4.21. The highest BCUT2D eigenvalue weighted by Crippen LogP contribution is 2.30. The molecule has 0 radical (unpaired) electrons. The molecule has 0 aliphatic rings. The minimum atomic E-state index is -0.816. The van der Waals surface area contributed by atoms with E-state index < -0.39 is 11.6 Å². The molecule has 0 amide bonds. The molecule has 1 heterocycles. The number of rotatable bonds is 2. The Hall–Kier alpha value is -2.63. The molecular formula is C14H10F2N2O2. The summed E-state index contributed by atoms with van der Waals surface area (Å²) in [5.41, 5.74) is 6.27. The zero-order valence-corrected chi connectivity index (χ0v) is 10.5. The number of fused-ring (bicyclic) bond motifs is 1. The Morgan fingerprint density at radius 2 is 1.95 bits per heavy atom. The Labute approximate surface area is 112 Å². The van der Waals surface area contributed by atoms with Crippen molar-refractivity contribution in [1.29, 1.82) is 0 Å². The largest absolute Gasteiger partial charge is 0.497 e. The molecular weight excluding hydrogens is 266 g/mol. The van der Waals surface area contributed by atoms with Crippen LogP contribution in [0, 0.1) is 11.6 Å². The highest BCUT2D eigenvalue weighted by Gasteiger charge is 2.15. The Kier molecular flexibility index (Phi) is 2.78. The van der Waals surface area contributed by atoms with Crippen LogP contribution >= 0.6 is 0 Å². The van der Waals surface area contributed by atoms with E-state index in [2.05, 4.69) is 4.98 Å². The maximum Gasteiger partial charge on any atom is 0.230 e. The first kappa shape index (κ1) is 12.4. The predicted molar refractivity (Wildman–Crippen MR) is 70.3 cm³/mol. The van der Waals surface area contributed by atoms with Crippen molar-refractivity contribution >= 4 is 16.8 Å². The molecule has 20 heavy (non-hydrogen) atoms. The summed E-state index contributed by atoms with van der Waals surface area (Å²) in [7, 11) is 1.53. The quantitative estimate of drug-likeness (QED) is 0.729. The molecule has 0 aliphatic heterocycles. The molecule has 0 spiro atoms. The average molecular weight is 276 g/mol. The maximum absolute atomic E-state index is 13.8. The summed E-state index contributed by atoms with van der Waals surface area (Å²) in [5.74, 6) is -0.962. The van der Waals surface area contributed by atoms with Crippen molar-refractivity contribution in [3.63, 3.8) is 0 Å². The molecule has 0 saturated carbocycles. The first-order valence-corrected chi connectivity index (χ1v) is 5.78. The lowest BCUT2D eigenvalue weighted by Crippen LogP contribution is -1.94. The number of halogens is 2. The van der Waals surface area contributed by atoms with E-state index in [1.165, 1.54) is 7.11 Å². The lowest BCUT2D eigenvalue weighted by Gasteiger charge is -2.01. The van der Waals surface area contributed by atoms with E-state index in [4.69, 9.17) is 14.9 Å².